The van der Waals surface area contributed by atoms with Crippen LogP contribution in [0.3, 0.4) is 0 Å². The number of carbonyl (C=O) groups is 3. The molecular weight excluding hydrogens is 636 g/mol. The summed E-state index contributed by atoms with van der Waals surface area (Å²) in [6.45, 7) is 20.1. The van der Waals surface area contributed by atoms with E-state index in [4.69, 9.17) is 27.4 Å². The Kier molecular flexibility index (Phi) is 15.4. The van der Waals surface area contributed by atoms with E-state index in [-0.39, 0.29) is 24.5 Å². The Morgan fingerprint density at radius 2 is 1.24 bits per heavy atom. The van der Waals surface area contributed by atoms with Crippen molar-refractivity contribution in [3.8, 4) is 11.5 Å². The maximum absolute atomic E-state index is 12.4. The van der Waals surface area contributed by atoms with Crippen molar-refractivity contribution in [1.29, 1.82) is 0 Å². The van der Waals surface area contributed by atoms with E-state index in [1.807, 2.05) is 35.2 Å². The lowest BCUT2D eigenvalue weighted by Gasteiger charge is -2.22. The summed E-state index contributed by atoms with van der Waals surface area (Å²) in [4.78, 5) is 48.4. The molecule has 2 heterocycles. The first kappa shape index (κ1) is 37.2. The molecule has 50 heavy (non-hydrogen) atoms. The van der Waals surface area contributed by atoms with Gasteiger partial charge in [0, 0.05) is 65.2 Å². The maximum Gasteiger partial charge on any atom is 0.410 e. The van der Waals surface area contributed by atoms with Crippen LogP contribution in [0.4, 0.5) is 16.2 Å². The molecule has 2 saturated heterocycles. The number of nitrogens with one attached hydrogen (secondary N) is 1. The number of carbonyl (C=O) groups excluding carboxylic acids is 3. The minimum absolute atomic E-state index is 0.0368. The molecule has 0 atom stereocenters. The molecule has 0 aromatic heterocycles. The van der Waals surface area contributed by atoms with E-state index >= 15 is 0 Å². The van der Waals surface area contributed by atoms with Crippen LogP contribution in [0, 0.1) is 13.1 Å². The molecule has 12 heteroatoms. The van der Waals surface area contributed by atoms with E-state index in [1.165, 1.54) is 0 Å². The summed E-state index contributed by atoms with van der Waals surface area (Å²) in [6.07, 6.45) is 1.99. The van der Waals surface area contributed by atoms with Gasteiger partial charge in [0.2, 0.25) is 11.8 Å². The van der Waals surface area contributed by atoms with Crippen LogP contribution in [0.15, 0.2) is 78.9 Å². The van der Waals surface area contributed by atoms with Gasteiger partial charge in [0.15, 0.2) is 11.4 Å². The summed E-state index contributed by atoms with van der Waals surface area (Å²) in [5.74, 6) is 1.73. The van der Waals surface area contributed by atoms with Crippen LogP contribution in [0.1, 0.15) is 31.2 Å². The number of benzene rings is 3. The molecular formula is C38H44N6O6. The molecule has 3 aromatic rings. The molecule has 2 aliphatic rings. The highest BCUT2D eigenvalue weighted by atomic mass is 16.6. The minimum atomic E-state index is -0.389. The summed E-state index contributed by atoms with van der Waals surface area (Å²) in [7, 11) is 0. The Labute approximate surface area is 294 Å². The van der Waals surface area contributed by atoms with Gasteiger partial charge in [-0.15, -0.1) is 0 Å². The second kappa shape index (κ2) is 20.7. The second-order valence-electron chi connectivity index (χ2n) is 11.7. The van der Waals surface area contributed by atoms with Gasteiger partial charge in [0.05, 0.1) is 26.4 Å². The van der Waals surface area contributed by atoms with Crippen LogP contribution in [0.5, 0.6) is 11.5 Å². The molecule has 12 nitrogen and oxygen atoms in total. The largest absolute Gasteiger partial charge is 0.494 e. The van der Waals surface area contributed by atoms with Crippen LogP contribution < -0.4 is 14.8 Å². The third-order valence-electron chi connectivity index (χ3n) is 8.09. The van der Waals surface area contributed by atoms with Crippen molar-refractivity contribution >= 4 is 29.3 Å². The third kappa shape index (κ3) is 12.8. The van der Waals surface area contributed by atoms with Gasteiger partial charge in [0.1, 0.15) is 18.1 Å². The molecule has 3 aromatic carbocycles. The molecule has 262 valence electrons. The molecule has 0 aliphatic carbocycles. The summed E-state index contributed by atoms with van der Waals surface area (Å²) in [6, 6.07) is 23.6. The lowest BCUT2D eigenvalue weighted by atomic mass is 10.2. The molecule has 0 saturated carbocycles. The average Bonchev–Trinajstić information content (AvgIpc) is 3.48. The number of nitrogens with zero attached hydrogens (tertiary/aromatic N) is 5. The average molecular weight is 681 g/mol. The van der Waals surface area contributed by atoms with E-state index in [9.17, 15) is 14.4 Å². The van der Waals surface area contributed by atoms with Gasteiger partial charge in [-0.2, -0.15) is 0 Å². The highest BCUT2D eigenvalue weighted by molar-refractivity contribution is 5.78. The van der Waals surface area contributed by atoms with Gasteiger partial charge in [-0.3, -0.25) is 9.59 Å². The third-order valence-corrected chi connectivity index (χ3v) is 8.09. The van der Waals surface area contributed by atoms with Crippen molar-refractivity contribution in [1.82, 2.24) is 20.0 Å². The molecule has 0 unspecified atom stereocenters. The molecule has 1 N–H and O–H groups in total. The second-order valence-corrected chi connectivity index (χ2v) is 11.7. The minimum Gasteiger partial charge on any atom is -0.494 e. The summed E-state index contributed by atoms with van der Waals surface area (Å²) < 4.78 is 16.7. The fraction of sp³-hybridized carbons (Fsp3) is 0.395. The standard InChI is InChI=1S/C23H25N3O4.C15H19N3O2/c1-24-20-8-10-21(11-9-20)29-17-5-13-25-15-16-26(14-12-22(25)27)23(28)30-18-19-6-3-2-4-7-19;1-16-13-3-5-14(6-4-13)20-12-2-10-18-11-9-17-8-7-15(18)19/h2-4,6-11H,5,12-18H2;3-6,17H,2,7-12H2. The summed E-state index contributed by atoms with van der Waals surface area (Å²) >= 11 is 0. The Bertz CT molecular complexity index is 1590. The van der Waals surface area contributed by atoms with Crippen LogP contribution in [-0.2, 0) is 20.9 Å². The van der Waals surface area contributed by atoms with Gasteiger partial charge in [-0.05, 0) is 42.7 Å². The zero-order chi connectivity index (χ0) is 35.4. The quantitative estimate of drug-likeness (QED) is 0.193. The Morgan fingerprint density at radius 1 is 0.680 bits per heavy atom. The van der Waals surface area contributed by atoms with E-state index in [0.29, 0.717) is 75.8 Å². The van der Waals surface area contributed by atoms with E-state index in [2.05, 4.69) is 15.0 Å². The smallest absolute Gasteiger partial charge is 0.410 e. The van der Waals surface area contributed by atoms with Gasteiger partial charge in [0.25, 0.3) is 0 Å². The Balaban J connectivity index is 0.000000244. The zero-order valence-electron chi connectivity index (χ0n) is 28.3. The Hall–Kier alpha value is -5.59. The highest BCUT2D eigenvalue weighted by Crippen LogP contribution is 2.19. The molecule has 0 radical (unpaired) electrons. The Morgan fingerprint density at radius 3 is 1.82 bits per heavy atom. The maximum atomic E-state index is 12.4. The fourth-order valence-corrected chi connectivity index (χ4v) is 5.27. The van der Waals surface area contributed by atoms with Gasteiger partial charge < -0.3 is 34.2 Å². The number of hydrogen-bond acceptors (Lipinski definition) is 7. The first-order chi connectivity index (χ1) is 24.4. The lowest BCUT2D eigenvalue weighted by Crippen LogP contribution is -2.36. The summed E-state index contributed by atoms with van der Waals surface area (Å²) in [5.41, 5.74) is 2.12. The van der Waals surface area contributed by atoms with Crippen molar-refractivity contribution in [2.45, 2.75) is 32.3 Å². The molecule has 2 aliphatic heterocycles. The molecule has 0 spiro atoms. The van der Waals surface area contributed by atoms with Crippen LogP contribution in [0.25, 0.3) is 9.69 Å². The molecule has 2 fully saturated rings. The number of rotatable bonds is 12. The van der Waals surface area contributed by atoms with Crippen molar-refractivity contribution in [2.75, 3.05) is 65.6 Å². The lowest BCUT2D eigenvalue weighted by molar-refractivity contribution is -0.131. The van der Waals surface area contributed by atoms with Crippen LogP contribution >= 0.6 is 0 Å². The number of hydrogen-bond donors (Lipinski definition) is 1. The van der Waals surface area contributed by atoms with Crippen molar-refractivity contribution in [3.05, 3.63) is 107 Å². The predicted octanol–water partition coefficient (Wildman–Crippen LogP) is 5.71. The number of amides is 3. The number of ether oxygens (including phenoxy) is 3. The fourth-order valence-electron chi connectivity index (χ4n) is 5.27. The summed E-state index contributed by atoms with van der Waals surface area (Å²) in [5, 5.41) is 3.22. The SMILES string of the molecule is [C-]#[N+]c1ccc(OCCCN2CCN(C(=O)OCc3ccccc3)CCC2=O)cc1.[C-]#[N+]c1ccc(OCCCN2CCNCCC2=O)cc1. The van der Waals surface area contributed by atoms with Gasteiger partial charge in [-0.1, -0.05) is 54.6 Å². The van der Waals surface area contributed by atoms with Crippen LogP contribution in [0.2, 0.25) is 0 Å². The van der Waals surface area contributed by atoms with Crippen molar-refractivity contribution < 1.29 is 28.6 Å². The molecule has 0 bridgehead atoms. The first-order valence-corrected chi connectivity index (χ1v) is 16.9. The monoisotopic (exact) mass is 680 g/mol. The molecule has 5 rings (SSSR count). The predicted molar refractivity (Wildman–Crippen MR) is 189 cm³/mol. The normalized spacial score (nSPS) is 14.6. The van der Waals surface area contributed by atoms with E-state index < -0.39 is 0 Å². The molecule has 3 amide bonds. The van der Waals surface area contributed by atoms with Crippen molar-refractivity contribution in [3.63, 3.8) is 0 Å². The zero-order valence-corrected chi connectivity index (χ0v) is 28.3. The van der Waals surface area contributed by atoms with E-state index in [1.54, 1.807) is 58.3 Å². The van der Waals surface area contributed by atoms with Gasteiger partial charge >= 0.3 is 6.09 Å². The topological polar surface area (TPSA) is 109 Å². The first-order valence-electron chi connectivity index (χ1n) is 16.9. The van der Waals surface area contributed by atoms with Crippen LogP contribution in [-0.4, -0.2) is 98.2 Å². The van der Waals surface area contributed by atoms with E-state index in [0.717, 1.165) is 43.9 Å². The van der Waals surface area contributed by atoms with Gasteiger partial charge in [-0.25, -0.2) is 14.5 Å². The highest BCUT2D eigenvalue weighted by Gasteiger charge is 2.24. The van der Waals surface area contributed by atoms with Crippen molar-refractivity contribution in [2.24, 2.45) is 0 Å².